The zero-order chi connectivity index (χ0) is 22.4. The number of hydrogen-bond acceptors (Lipinski definition) is 4. The molecule has 5 nitrogen and oxygen atoms in total. The fourth-order valence-electron chi connectivity index (χ4n) is 5.19. The van der Waals surface area contributed by atoms with Crippen molar-refractivity contribution in [2.45, 2.75) is 83.6 Å². The highest BCUT2D eigenvalue weighted by Gasteiger charge is 2.32. The van der Waals surface area contributed by atoms with Crippen LogP contribution in [0.4, 0.5) is 0 Å². The monoisotopic (exact) mass is 444 g/mol. The van der Waals surface area contributed by atoms with Crippen molar-refractivity contribution in [2.24, 2.45) is 11.8 Å². The number of hydrogen-bond donors (Lipinski definition) is 1. The SMILES string of the molecule is CC.CNC(=O)CCC(C=O)n1c(=O)sc2c(C3CCC(C4CCC4)CC3)cccc21. The fraction of sp³-hybridized carbons (Fsp3) is 0.640. The van der Waals surface area contributed by atoms with Crippen LogP contribution in [0.3, 0.4) is 0 Å². The molecule has 2 aromatic rings. The summed E-state index contributed by atoms with van der Waals surface area (Å²) in [6.45, 7) is 4.00. The number of carbonyl (C=O) groups is 2. The minimum Gasteiger partial charge on any atom is -0.359 e. The van der Waals surface area contributed by atoms with Gasteiger partial charge in [-0.15, -0.1) is 0 Å². The minimum absolute atomic E-state index is 0.107. The zero-order valence-electron chi connectivity index (χ0n) is 19.1. The van der Waals surface area contributed by atoms with Gasteiger partial charge in [0.1, 0.15) is 6.29 Å². The molecule has 1 aromatic heterocycles. The zero-order valence-corrected chi connectivity index (χ0v) is 19.9. The van der Waals surface area contributed by atoms with Crippen LogP contribution in [-0.4, -0.2) is 23.8 Å². The van der Waals surface area contributed by atoms with Crippen molar-refractivity contribution < 1.29 is 9.59 Å². The smallest absolute Gasteiger partial charge is 0.308 e. The lowest BCUT2D eigenvalue weighted by Crippen LogP contribution is -2.26. The van der Waals surface area contributed by atoms with Crippen molar-refractivity contribution in [1.29, 1.82) is 0 Å². The standard InChI is InChI=1S/C23H30N2O3S.C2H6/c1-24-21(27)13-12-18(14-26)25-20-7-3-6-19(22(20)29-23(25)28)17-10-8-16(9-11-17)15-4-2-5-15;1-2/h3,6-7,14-18H,2,4-5,8-13H2,1H3,(H,24,27);1-2H3. The molecule has 1 heterocycles. The van der Waals surface area contributed by atoms with Gasteiger partial charge in [0.2, 0.25) is 5.91 Å². The topological polar surface area (TPSA) is 68.2 Å². The molecule has 2 aliphatic rings. The van der Waals surface area contributed by atoms with E-state index in [0.29, 0.717) is 12.3 Å². The van der Waals surface area contributed by atoms with Gasteiger partial charge in [-0.1, -0.05) is 56.6 Å². The molecule has 1 amide bonds. The molecule has 0 spiro atoms. The maximum Gasteiger partial charge on any atom is 0.308 e. The van der Waals surface area contributed by atoms with Crippen LogP contribution in [0.1, 0.15) is 89.2 Å². The van der Waals surface area contributed by atoms with E-state index < -0.39 is 6.04 Å². The first kappa shape index (κ1) is 23.7. The molecule has 31 heavy (non-hydrogen) atoms. The Bertz CT molecular complexity index is 936. The highest BCUT2D eigenvalue weighted by atomic mass is 32.1. The predicted octanol–water partition coefficient (Wildman–Crippen LogP) is 5.43. The Morgan fingerprint density at radius 3 is 2.42 bits per heavy atom. The van der Waals surface area contributed by atoms with Gasteiger partial charge in [0.25, 0.3) is 0 Å². The lowest BCUT2D eigenvalue weighted by atomic mass is 9.67. The highest BCUT2D eigenvalue weighted by Crippen LogP contribution is 2.46. The van der Waals surface area contributed by atoms with E-state index in [9.17, 15) is 14.4 Å². The number of nitrogens with zero attached hydrogens (tertiary/aromatic N) is 1. The Hall–Kier alpha value is -1.95. The molecule has 2 saturated carbocycles. The lowest BCUT2D eigenvalue weighted by Gasteiger charge is -2.38. The maximum absolute atomic E-state index is 12.8. The van der Waals surface area contributed by atoms with E-state index in [4.69, 9.17) is 0 Å². The Morgan fingerprint density at radius 1 is 1.16 bits per heavy atom. The van der Waals surface area contributed by atoms with Crippen molar-refractivity contribution >= 4 is 33.7 Å². The fourth-order valence-corrected chi connectivity index (χ4v) is 6.32. The molecule has 2 aliphatic carbocycles. The van der Waals surface area contributed by atoms with E-state index in [1.54, 1.807) is 11.6 Å². The van der Waals surface area contributed by atoms with Crippen LogP contribution in [0.25, 0.3) is 10.2 Å². The summed E-state index contributed by atoms with van der Waals surface area (Å²) < 4.78 is 2.62. The van der Waals surface area contributed by atoms with Crippen LogP contribution >= 0.6 is 11.3 Å². The van der Waals surface area contributed by atoms with E-state index in [-0.39, 0.29) is 17.2 Å². The molecule has 1 atom stereocenters. The Balaban J connectivity index is 0.00000132. The van der Waals surface area contributed by atoms with Gasteiger partial charge in [0.05, 0.1) is 16.3 Å². The van der Waals surface area contributed by atoms with Gasteiger partial charge < -0.3 is 10.1 Å². The summed E-state index contributed by atoms with van der Waals surface area (Å²) in [6.07, 6.45) is 10.6. The van der Waals surface area contributed by atoms with Crippen LogP contribution in [0, 0.1) is 11.8 Å². The number of benzene rings is 1. The van der Waals surface area contributed by atoms with Crippen molar-refractivity contribution in [2.75, 3.05) is 7.05 Å². The maximum atomic E-state index is 12.8. The second-order valence-corrected chi connectivity index (χ2v) is 9.61. The molecule has 4 rings (SSSR count). The molecular formula is C25H36N2O3S. The third kappa shape index (κ3) is 5.11. The molecule has 1 unspecified atom stereocenters. The van der Waals surface area contributed by atoms with Crippen molar-refractivity contribution in [1.82, 2.24) is 9.88 Å². The molecule has 6 heteroatoms. The van der Waals surface area contributed by atoms with Gasteiger partial charge in [-0.25, -0.2) is 0 Å². The second kappa shape index (κ2) is 11.1. The number of aldehydes is 1. The lowest BCUT2D eigenvalue weighted by molar-refractivity contribution is -0.121. The number of rotatable bonds is 7. The van der Waals surface area contributed by atoms with Crippen LogP contribution in [-0.2, 0) is 9.59 Å². The van der Waals surface area contributed by atoms with Gasteiger partial charge in [0, 0.05) is 13.5 Å². The summed E-state index contributed by atoms with van der Waals surface area (Å²) >= 11 is 1.25. The Morgan fingerprint density at radius 2 is 1.84 bits per heavy atom. The average molecular weight is 445 g/mol. The first-order chi connectivity index (χ1) is 15.1. The van der Waals surface area contributed by atoms with Crippen molar-refractivity contribution in [3.05, 3.63) is 33.4 Å². The molecule has 0 aliphatic heterocycles. The first-order valence-corrected chi connectivity index (χ1v) is 12.7. The third-order valence-corrected chi connectivity index (χ3v) is 8.15. The second-order valence-electron chi connectivity index (χ2n) is 8.65. The Labute approximate surface area is 189 Å². The molecule has 0 radical (unpaired) electrons. The molecule has 0 bridgehead atoms. The summed E-state index contributed by atoms with van der Waals surface area (Å²) in [7, 11) is 1.58. The highest BCUT2D eigenvalue weighted by molar-refractivity contribution is 7.16. The predicted molar refractivity (Wildman–Crippen MR) is 128 cm³/mol. The third-order valence-electron chi connectivity index (χ3n) is 7.13. The number of thiazole rings is 1. The summed E-state index contributed by atoms with van der Waals surface area (Å²) in [5, 5.41) is 2.57. The average Bonchev–Trinajstić information content (AvgIpc) is 3.11. The Kier molecular flexibility index (Phi) is 8.47. The van der Waals surface area contributed by atoms with Gasteiger partial charge in [-0.2, -0.15) is 0 Å². The number of amides is 1. The molecular weight excluding hydrogens is 408 g/mol. The summed E-state index contributed by atoms with van der Waals surface area (Å²) in [4.78, 5) is 36.0. The van der Waals surface area contributed by atoms with Gasteiger partial charge in [0.15, 0.2) is 0 Å². The first-order valence-electron chi connectivity index (χ1n) is 11.9. The van der Waals surface area contributed by atoms with Gasteiger partial charge in [-0.05, 0) is 61.5 Å². The largest absolute Gasteiger partial charge is 0.359 e. The molecule has 1 N–H and O–H groups in total. The number of carbonyl (C=O) groups excluding carboxylic acids is 2. The number of aromatic nitrogens is 1. The van der Waals surface area contributed by atoms with Crippen molar-refractivity contribution in [3.63, 3.8) is 0 Å². The van der Waals surface area contributed by atoms with Crippen LogP contribution in [0.2, 0.25) is 0 Å². The van der Waals surface area contributed by atoms with E-state index in [1.807, 2.05) is 26.0 Å². The van der Waals surface area contributed by atoms with Crippen LogP contribution < -0.4 is 10.2 Å². The molecule has 2 fully saturated rings. The normalized spacial score (nSPS) is 22.2. The molecule has 1 aromatic carbocycles. The van der Waals surface area contributed by atoms with E-state index in [2.05, 4.69) is 11.4 Å². The number of nitrogens with one attached hydrogen (secondary N) is 1. The van der Waals surface area contributed by atoms with Gasteiger partial charge >= 0.3 is 4.87 Å². The minimum atomic E-state index is -0.599. The quantitative estimate of drug-likeness (QED) is 0.579. The van der Waals surface area contributed by atoms with E-state index in [1.165, 1.54) is 61.8 Å². The summed E-state index contributed by atoms with van der Waals surface area (Å²) in [5.41, 5.74) is 2.11. The summed E-state index contributed by atoms with van der Waals surface area (Å²) in [6, 6.07) is 5.52. The van der Waals surface area contributed by atoms with Gasteiger partial charge in [-0.3, -0.25) is 14.2 Å². The summed E-state index contributed by atoms with van der Waals surface area (Å²) in [5.74, 6) is 2.24. The van der Waals surface area contributed by atoms with Crippen LogP contribution in [0.15, 0.2) is 23.0 Å². The molecule has 0 saturated heterocycles. The molecule has 170 valence electrons. The number of fused-ring (bicyclic) bond motifs is 1. The van der Waals surface area contributed by atoms with Crippen molar-refractivity contribution in [3.8, 4) is 0 Å². The van der Waals surface area contributed by atoms with Crippen LogP contribution in [0.5, 0.6) is 0 Å². The van der Waals surface area contributed by atoms with E-state index in [0.717, 1.165) is 28.3 Å². The van der Waals surface area contributed by atoms with E-state index >= 15 is 0 Å².